The Morgan fingerprint density at radius 1 is 1.00 bits per heavy atom. The molecule has 0 fully saturated rings. The van der Waals surface area contributed by atoms with Crippen LogP contribution in [0.1, 0.15) is 45.9 Å². The summed E-state index contributed by atoms with van der Waals surface area (Å²) in [5, 5.41) is 0. The topological polar surface area (TPSA) is 12.9 Å². The zero-order valence-electron chi connectivity index (χ0n) is 10.2. The maximum Gasteiger partial charge on any atom is 0.0372 e. The first-order valence-corrected chi connectivity index (χ1v) is 5.18. The Labute approximate surface area is 87.6 Å². The number of hydrogen-bond donors (Lipinski definition) is 0. The fourth-order valence-electron chi connectivity index (χ4n) is 1.27. The van der Waals surface area contributed by atoms with Crippen molar-refractivity contribution in [1.29, 1.82) is 0 Å². The van der Waals surface area contributed by atoms with Gasteiger partial charge >= 0.3 is 0 Å². The number of pyridine rings is 1. The van der Waals surface area contributed by atoms with Gasteiger partial charge in [-0.15, -0.1) is 0 Å². The van der Waals surface area contributed by atoms with Crippen LogP contribution in [0.5, 0.6) is 0 Å². The Kier molecular flexibility index (Phi) is 2.71. The van der Waals surface area contributed by atoms with Crippen LogP contribution in [0.2, 0.25) is 0 Å². The lowest BCUT2D eigenvalue weighted by Gasteiger charge is -2.39. The number of rotatable bonds is 1. The molecule has 0 amide bonds. The maximum absolute atomic E-state index is 4.36. The highest BCUT2D eigenvalue weighted by molar-refractivity contribution is 5.24. The van der Waals surface area contributed by atoms with Crippen LogP contribution in [-0.4, -0.2) is 4.98 Å². The van der Waals surface area contributed by atoms with Crippen LogP contribution in [0, 0.1) is 12.3 Å². The zero-order valence-corrected chi connectivity index (χ0v) is 10.2. The van der Waals surface area contributed by atoms with Gasteiger partial charge in [-0.2, -0.15) is 0 Å². The molecule has 0 bridgehead atoms. The highest BCUT2D eigenvalue weighted by Crippen LogP contribution is 2.40. The molecule has 1 rings (SSSR count). The average Bonchev–Trinajstić information content (AvgIpc) is 2.03. The van der Waals surface area contributed by atoms with Crippen molar-refractivity contribution in [1.82, 2.24) is 4.98 Å². The lowest BCUT2D eigenvalue weighted by atomic mass is 9.66. The molecule has 0 aromatic carbocycles. The molecule has 0 unspecified atom stereocenters. The van der Waals surface area contributed by atoms with E-state index in [1.807, 2.05) is 13.1 Å². The van der Waals surface area contributed by atoms with Gasteiger partial charge in [-0.05, 0) is 29.4 Å². The van der Waals surface area contributed by atoms with Gasteiger partial charge in [0.05, 0.1) is 0 Å². The van der Waals surface area contributed by atoms with E-state index in [-0.39, 0.29) is 10.8 Å². The predicted molar refractivity (Wildman–Crippen MR) is 61.5 cm³/mol. The van der Waals surface area contributed by atoms with Crippen molar-refractivity contribution in [3.63, 3.8) is 0 Å². The summed E-state index contributed by atoms with van der Waals surface area (Å²) in [5.41, 5.74) is 2.81. The first-order valence-electron chi connectivity index (χ1n) is 5.18. The molecule has 0 saturated carbocycles. The molecule has 14 heavy (non-hydrogen) atoms. The first kappa shape index (κ1) is 11.2. The molecule has 1 heterocycles. The van der Waals surface area contributed by atoms with Gasteiger partial charge in [-0.25, -0.2) is 0 Å². The van der Waals surface area contributed by atoms with E-state index in [2.05, 4.69) is 51.7 Å². The van der Waals surface area contributed by atoms with Crippen LogP contribution >= 0.6 is 0 Å². The van der Waals surface area contributed by atoms with Crippen molar-refractivity contribution >= 4 is 0 Å². The standard InChI is InChI=1S/C13H21N/c1-10-7-8-11(9-14-10)13(5,6)12(2,3)4/h7-9H,1-6H3. The lowest BCUT2D eigenvalue weighted by Crippen LogP contribution is -2.34. The molecule has 0 aliphatic carbocycles. The van der Waals surface area contributed by atoms with E-state index < -0.39 is 0 Å². The second kappa shape index (κ2) is 3.38. The molecule has 0 radical (unpaired) electrons. The van der Waals surface area contributed by atoms with E-state index in [0.717, 1.165) is 5.69 Å². The molecular formula is C13H21N. The Hall–Kier alpha value is -0.850. The van der Waals surface area contributed by atoms with Crippen LogP contribution < -0.4 is 0 Å². The maximum atomic E-state index is 4.36. The Bertz CT molecular complexity index is 301. The normalized spacial score (nSPS) is 13.0. The third-order valence-electron chi connectivity index (χ3n) is 3.51. The number of hydrogen-bond acceptors (Lipinski definition) is 1. The summed E-state index contributed by atoms with van der Waals surface area (Å²) in [5.74, 6) is 0. The molecule has 0 atom stereocenters. The summed E-state index contributed by atoms with van der Waals surface area (Å²) in [7, 11) is 0. The molecule has 1 aromatic heterocycles. The summed E-state index contributed by atoms with van der Waals surface area (Å²) < 4.78 is 0. The molecule has 78 valence electrons. The average molecular weight is 191 g/mol. The van der Waals surface area contributed by atoms with E-state index in [9.17, 15) is 0 Å². The van der Waals surface area contributed by atoms with Gasteiger partial charge in [0.15, 0.2) is 0 Å². The minimum atomic E-state index is 0.160. The fourth-order valence-corrected chi connectivity index (χ4v) is 1.27. The second-order valence-corrected chi connectivity index (χ2v) is 5.56. The molecule has 0 N–H and O–H groups in total. The van der Waals surface area contributed by atoms with Crippen molar-refractivity contribution in [2.45, 2.75) is 47.0 Å². The predicted octanol–water partition coefficient (Wildman–Crippen LogP) is 3.71. The molecule has 0 aliphatic heterocycles. The minimum absolute atomic E-state index is 0.160. The molecule has 0 aliphatic rings. The van der Waals surface area contributed by atoms with Crippen molar-refractivity contribution in [2.75, 3.05) is 0 Å². The van der Waals surface area contributed by atoms with Crippen molar-refractivity contribution in [2.24, 2.45) is 5.41 Å². The number of nitrogens with zero attached hydrogens (tertiary/aromatic N) is 1. The van der Waals surface area contributed by atoms with Gasteiger partial charge in [0.1, 0.15) is 0 Å². The summed E-state index contributed by atoms with van der Waals surface area (Å²) in [6, 6.07) is 4.27. The smallest absolute Gasteiger partial charge is 0.0372 e. The van der Waals surface area contributed by atoms with Crippen LogP contribution in [0.15, 0.2) is 18.3 Å². The van der Waals surface area contributed by atoms with Gasteiger partial charge in [0.25, 0.3) is 0 Å². The summed E-state index contributed by atoms with van der Waals surface area (Å²) in [6.45, 7) is 13.4. The lowest BCUT2D eigenvalue weighted by molar-refractivity contribution is 0.225. The largest absolute Gasteiger partial charge is 0.261 e. The van der Waals surface area contributed by atoms with Crippen molar-refractivity contribution < 1.29 is 0 Å². The van der Waals surface area contributed by atoms with Crippen molar-refractivity contribution in [3.05, 3.63) is 29.6 Å². The summed E-state index contributed by atoms with van der Waals surface area (Å²) in [6.07, 6.45) is 2.00. The number of aromatic nitrogens is 1. The van der Waals surface area contributed by atoms with Gasteiger partial charge in [0, 0.05) is 11.9 Å². The van der Waals surface area contributed by atoms with Gasteiger partial charge in [-0.1, -0.05) is 40.7 Å². The quantitative estimate of drug-likeness (QED) is 0.659. The van der Waals surface area contributed by atoms with Crippen LogP contribution in [0.4, 0.5) is 0 Å². The summed E-state index contributed by atoms with van der Waals surface area (Å²) in [4.78, 5) is 4.36. The van der Waals surface area contributed by atoms with E-state index in [1.165, 1.54) is 5.56 Å². The fraction of sp³-hybridized carbons (Fsp3) is 0.615. The zero-order chi connectivity index (χ0) is 11.0. The molecule has 0 spiro atoms. The molecule has 1 heteroatoms. The van der Waals surface area contributed by atoms with E-state index >= 15 is 0 Å². The Balaban J connectivity index is 3.10. The first-order chi connectivity index (χ1) is 6.25. The Morgan fingerprint density at radius 3 is 1.93 bits per heavy atom. The van der Waals surface area contributed by atoms with Gasteiger partial charge < -0.3 is 0 Å². The highest BCUT2D eigenvalue weighted by Gasteiger charge is 2.34. The molecule has 1 aromatic rings. The monoisotopic (exact) mass is 191 g/mol. The number of aryl methyl sites for hydroxylation is 1. The molecule has 0 saturated heterocycles. The highest BCUT2D eigenvalue weighted by atomic mass is 14.7. The SMILES string of the molecule is Cc1ccc(C(C)(C)C(C)(C)C)cn1. The van der Waals surface area contributed by atoms with Crippen LogP contribution in [-0.2, 0) is 5.41 Å². The molecular weight excluding hydrogens is 170 g/mol. The van der Waals surface area contributed by atoms with Crippen molar-refractivity contribution in [3.8, 4) is 0 Å². The molecule has 1 nitrogen and oxygen atoms in total. The van der Waals surface area contributed by atoms with Gasteiger partial charge in [0.2, 0.25) is 0 Å². The van der Waals surface area contributed by atoms with Crippen LogP contribution in [0.3, 0.4) is 0 Å². The second-order valence-electron chi connectivity index (χ2n) is 5.56. The van der Waals surface area contributed by atoms with E-state index in [1.54, 1.807) is 0 Å². The van der Waals surface area contributed by atoms with Crippen LogP contribution in [0.25, 0.3) is 0 Å². The third-order valence-corrected chi connectivity index (χ3v) is 3.51. The van der Waals surface area contributed by atoms with E-state index in [4.69, 9.17) is 0 Å². The third kappa shape index (κ3) is 1.97. The summed E-state index contributed by atoms with van der Waals surface area (Å²) >= 11 is 0. The van der Waals surface area contributed by atoms with Gasteiger partial charge in [-0.3, -0.25) is 4.98 Å². The van der Waals surface area contributed by atoms with E-state index in [0.29, 0.717) is 0 Å². The Morgan fingerprint density at radius 2 is 1.57 bits per heavy atom. The minimum Gasteiger partial charge on any atom is -0.261 e.